The monoisotopic (exact) mass is 540 g/mol. The molecule has 1 fully saturated rings. The van der Waals surface area contributed by atoms with Crippen LogP contribution in [0.1, 0.15) is 40.8 Å². The van der Waals surface area contributed by atoms with E-state index in [0.29, 0.717) is 43.3 Å². The standard InChI is InChI=1S/C30H26F2N6O2/c1-18-4-5-24(36-26(39)11-20-9-22(31)12-23(32)10-20)13-25(18)38-17-21-16-35-29(34-15-19-3-2-8-33-14-19)37-27(21)30(6-7-30)28(38)40/h2-5,8-10,12-14,16H,6-7,11,15,17H2,1H3,(H,36,39)(H,34,35,37). The molecule has 1 aliphatic carbocycles. The molecule has 2 aromatic heterocycles. The Morgan fingerprint density at radius 1 is 1.05 bits per heavy atom. The average Bonchev–Trinajstić information content (AvgIpc) is 3.73. The Bertz CT molecular complexity index is 1600. The molecule has 0 saturated heterocycles. The molecule has 2 aliphatic rings. The quantitative estimate of drug-likeness (QED) is 0.348. The lowest BCUT2D eigenvalue weighted by molar-refractivity contribution is -0.121. The van der Waals surface area contributed by atoms with Gasteiger partial charge in [0.2, 0.25) is 17.8 Å². The number of pyridine rings is 1. The number of fused-ring (bicyclic) bond motifs is 2. The molecule has 4 aromatic rings. The Hall–Kier alpha value is -4.73. The third-order valence-electron chi connectivity index (χ3n) is 7.29. The van der Waals surface area contributed by atoms with Crippen LogP contribution >= 0.6 is 0 Å². The summed E-state index contributed by atoms with van der Waals surface area (Å²) in [5, 5.41) is 6.01. The van der Waals surface area contributed by atoms with Crippen molar-refractivity contribution in [2.45, 2.75) is 44.7 Å². The second-order valence-corrected chi connectivity index (χ2v) is 10.3. The van der Waals surface area contributed by atoms with Crippen LogP contribution in [0.5, 0.6) is 0 Å². The largest absolute Gasteiger partial charge is 0.350 e. The van der Waals surface area contributed by atoms with Gasteiger partial charge in [-0.1, -0.05) is 12.1 Å². The first-order valence-electron chi connectivity index (χ1n) is 13.0. The predicted octanol–water partition coefficient (Wildman–Crippen LogP) is 4.83. The molecule has 0 radical (unpaired) electrons. The molecule has 0 bridgehead atoms. The van der Waals surface area contributed by atoms with Crippen LogP contribution in [0.3, 0.4) is 0 Å². The van der Waals surface area contributed by atoms with Crippen LogP contribution < -0.4 is 15.5 Å². The van der Waals surface area contributed by atoms with Crippen molar-refractivity contribution < 1.29 is 18.4 Å². The van der Waals surface area contributed by atoms with Crippen LogP contribution in [-0.2, 0) is 34.5 Å². The van der Waals surface area contributed by atoms with Crippen molar-refractivity contribution >= 4 is 29.1 Å². The smallest absolute Gasteiger partial charge is 0.239 e. The Labute approximate surface area is 229 Å². The Morgan fingerprint density at radius 2 is 1.85 bits per heavy atom. The van der Waals surface area contributed by atoms with E-state index in [9.17, 15) is 18.4 Å². The third kappa shape index (κ3) is 5.00. The van der Waals surface area contributed by atoms with Crippen molar-refractivity contribution in [3.8, 4) is 0 Å². The summed E-state index contributed by atoms with van der Waals surface area (Å²) < 4.78 is 27.1. The minimum Gasteiger partial charge on any atom is -0.350 e. The maximum Gasteiger partial charge on any atom is 0.239 e. The first kappa shape index (κ1) is 25.5. The van der Waals surface area contributed by atoms with Crippen LogP contribution in [0.25, 0.3) is 0 Å². The van der Waals surface area contributed by atoms with Gasteiger partial charge in [0, 0.05) is 48.1 Å². The Balaban J connectivity index is 1.21. The number of nitrogens with one attached hydrogen (secondary N) is 2. The summed E-state index contributed by atoms with van der Waals surface area (Å²) >= 11 is 0. The van der Waals surface area contributed by atoms with Gasteiger partial charge in [0.05, 0.1) is 24.1 Å². The first-order chi connectivity index (χ1) is 19.3. The SMILES string of the molecule is Cc1ccc(NC(=O)Cc2cc(F)cc(F)c2)cc1N1Cc2cnc(NCc3cccnc3)nc2C2(CC2)C1=O. The van der Waals surface area contributed by atoms with Crippen LogP contribution in [0, 0.1) is 18.6 Å². The minimum absolute atomic E-state index is 0.0290. The lowest BCUT2D eigenvalue weighted by atomic mass is 9.91. The number of aromatic nitrogens is 3. The normalized spacial score (nSPS) is 15.1. The number of carbonyl (C=O) groups is 2. The molecule has 1 saturated carbocycles. The number of anilines is 3. The van der Waals surface area contributed by atoms with Gasteiger partial charge in [0.25, 0.3) is 0 Å². The van der Waals surface area contributed by atoms with Crippen LogP contribution in [0.15, 0.2) is 67.1 Å². The molecule has 1 aliphatic heterocycles. The summed E-state index contributed by atoms with van der Waals surface area (Å²) in [6.45, 7) is 2.73. The van der Waals surface area contributed by atoms with Crippen molar-refractivity contribution in [2.75, 3.05) is 15.5 Å². The second-order valence-electron chi connectivity index (χ2n) is 10.3. The zero-order chi connectivity index (χ0) is 27.9. The van der Waals surface area contributed by atoms with E-state index in [0.717, 1.165) is 40.6 Å². The molecule has 40 heavy (non-hydrogen) atoms. The predicted molar refractivity (Wildman–Crippen MR) is 146 cm³/mol. The Morgan fingerprint density at radius 3 is 2.58 bits per heavy atom. The summed E-state index contributed by atoms with van der Waals surface area (Å²) in [5.74, 6) is -1.46. The van der Waals surface area contributed by atoms with Crippen molar-refractivity contribution in [2.24, 2.45) is 0 Å². The topological polar surface area (TPSA) is 100 Å². The van der Waals surface area contributed by atoms with E-state index in [1.165, 1.54) is 0 Å². The molecule has 0 unspecified atom stereocenters. The molecule has 6 rings (SSSR count). The lowest BCUT2D eigenvalue weighted by Crippen LogP contribution is -2.45. The number of carbonyl (C=O) groups excluding carboxylic acids is 2. The molecule has 3 heterocycles. The van der Waals surface area contributed by atoms with E-state index >= 15 is 0 Å². The van der Waals surface area contributed by atoms with E-state index in [1.807, 2.05) is 25.1 Å². The van der Waals surface area contributed by atoms with Gasteiger partial charge in [-0.25, -0.2) is 18.7 Å². The molecular weight excluding hydrogens is 514 g/mol. The second kappa shape index (κ2) is 10.1. The summed E-state index contributed by atoms with van der Waals surface area (Å²) in [6.07, 6.45) is 6.48. The highest BCUT2D eigenvalue weighted by Crippen LogP contribution is 2.53. The summed E-state index contributed by atoms with van der Waals surface area (Å²) in [7, 11) is 0. The fourth-order valence-corrected chi connectivity index (χ4v) is 5.16. The van der Waals surface area contributed by atoms with Crippen molar-refractivity contribution in [3.05, 3.63) is 107 Å². The molecule has 8 nitrogen and oxygen atoms in total. The number of hydrogen-bond donors (Lipinski definition) is 2. The maximum absolute atomic E-state index is 13.8. The number of amides is 2. The van der Waals surface area contributed by atoms with E-state index in [-0.39, 0.29) is 17.9 Å². The third-order valence-corrected chi connectivity index (χ3v) is 7.29. The van der Waals surface area contributed by atoms with Crippen molar-refractivity contribution in [3.63, 3.8) is 0 Å². The lowest BCUT2D eigenvalue weighted by Gasteiger charge is -2.34. The van der Waals surface area contributed by atoms with E-state index in [4.69, 9.17) is 4.98 Å². The van der Waals surface area contributed by atoms with E-state index in [1.54, 1.807) is 35.6 Å². The van der Waals surface area contributed by atoms with Crippen LogP contribution in [0.2, 0.25) is 0 Å². The summed E-state index contributed by atoms with van der Waals surface area (Å²) in [5.41, 5.74) is 4.22. The van der Waals surface area contributed by atoms with Crippen LogP contribution in [0.4, 0.5) is 26.1 Å². The molecule has 1 spiro atoms. The molecule has 2 amide bonds. The molecular formula is C30H26F2N6O2. The van der Waals surface area contributed by atoms with Gasteiger partial charge in [0.15, 0.2) is 0 Å². The highest BCUT2D eigenvalue weighted by Gasteiger charge is 2.58. The van der Waals surface area contributed by atoms with Gasteiger partial charge in [-0.3, -0.25) is 14.6 Å². The summed E-state index contributed by atoms with van der Waals surface area (Å²) in [6, 6.07) is 12.2. The molecule has 2 aromatic carbocycles. The minimum atomic E-state index is -0.737. The molecule has 0 atom stereocenters. The number of benzene rings is 2. The fourth-order valence-electron chi connectivity index (χ4n) is 5.16. The average molecular weight is 541 g/mol. The first-order valence-corrected chi connectivity index (χ1v) is 13.0. The molecule has 202 valence electrons. The van der Waals surface area contributed by atoms with Gasteiger partial charge >= 0.3 is 0 Å². The zero-order valence-corrected chi connectivity index (χ0v) is 21.7. The Kier molecular flexibility index (Phi) is 6.45. The maximum atomic E-state index is 13.8. The number of hydrogen-bond acceptors (Lipinski definition) is 6. The number of halogens is 2. The van der Waals surface area contributed by atoms with E-state index in [2.05, 4.69) is 20.6 Å². The van der Waals surface area contributed by atoms with Gasteiger partial charge in [-0.15, -0.1) is 0 Å². The summed E-state index contributed by atoms with van der Waals surface area (Å²) in [4.78, 5) is 41.6. The fraction of sp³-hybridized carbons (Fsp3) is 0.233. The number of nitrogens with zero attached hydrogens (tertiary/aromatic N) is 4. The van der Waals surface area contributed by atoms with Gasteiger partial charge in [-0.2, -0.15) is 0 Å². The number of aryl methyl sites for hydroxylation is 1. The van der Waals surface area contributed by atoms with Crippen LogP contribution in [-0.4, -0.2) is 26.8 Å². The van der Waals surface area contributed by atoms with E-state index < -0.39 is 23.0 Å². The zero-order valence-electron chi connectivity index (χ0n) is 21.7. The number of rotatable bonds is 7. The molecule has 10 heteroatoms. The van der Waals surface area contributed by atoms with Gasteiger partial charge in [-0.05, 0) is 66.8 Å². The van der Waals surface area contributed by atoms with Crippen molar-refractivity contribution in [1.82, 2.24) is 15.0 Å². The molecule has 2 N–H and O–H groups in total. The van der Waals surface area contributed by atoms with Gasteiger partial charge in [0.1, 0.15) is 11.6 Å². The highest BCUT2D eigenvalue weighted by molar-refractivity contribution is 6.05. The van der Waals surface area contributed by atoms with Gasteiger partial charge < -0.3 is 15.5 Å². The highest BCUT2D eigenvalue weighted by atomic mass is 19.1. The van der Waals surface area contributed by atoms with Crippen molar-refractivity contribution in [1.29, 1.82) is 0 Å².